The van der Waals surface area contributed by atoms with E-state index in [0.29, 0.717) is 22.5 Å². The molecule has 5 rings (SSSR count). The van der Waals surface area contributed by atoms with E-state index in [1.807, 2.05) is 30.3 Å². The van der Waals surface area contributed by atoms with E-state index in [1.165, 1.54) is 53.4 Å². The van der Waals surface area contributed by atoms with E-state index in [0.717, 1.165) is 5.56 Å². The van der Waals surface area contributed by atoms with Crippen LogP contribution in [-0.4, -0.2) is 28.8 Å². The van der Waals surface area contributed by atoms with Crippen LogP contribution >= 0.6 is 0 Å². The average molecular weight is 542 g/mol. The monoisotopic (exact) mass is 541 g/mol. The molecule has 4 aromatic rings. The molecule has 1 heterocycles. The molecule has 0 bridgehead atoms. The Balaban J connectivity index is 1.36. The third-order valence-electron chi connectivity index (χ3n) is 6.46. The fourth-order valence-electron chi connectivity index (χ4n) is 4.49. The van der Waals surface area contributed by atoms with Crippen molar-refractivity contribution in [1.29, 1.82) is 0 Å². The number of nitrogens with zero attached hydrogens (tertiary/aromatic N) is 1. The molecule has 0 radical (unpaired) electrons. The second-order valence-electron chi connectivity index (χ2n) is 9.33. The van der Waals surface area contributed by atoms with Gasteiger partial charge in [0, 0.05) is 11.4 Å². The highest BCUT2D eigenvalue weighted by atomic mass is 19.1. The van der Waals surface area contributed by atoms with Crippen LogP contribution < -0.4 is 10.6 Å². The van der Waals surface area contributed by atoms with E-state index in [9.17, 15) is 23.2 Å². The van der Waals surface area contributed by atoms with Gasteiger partial charge in [0.2, 0.25) is 5.91 Å². The molecule has 0 spiro atoms. The highest BCUT2D eigenvalue weighted by Crippen LogP contribution is 2.35. The molecule has 0 unspecified atom stereocenters. The van der Waals surface area contributed by atoms with Crippen LogP contribution in [0.3, 0.4) is 0 Å². The third kappa shape index (κ3) is 6.32. The van der Waals surface area contributed by atoms with Gasteiger partial charge in [-0.15, -0.1) is 0 Å². The summed E-state index contributed by atoms with van der Waals surface area (Å²) in [6.45, 7) is 0.00471. The number of amides is 3. The Hall–Kier alpha value is -5.05. The first-order valence-corrected chi connectivity index (χ1v) is 12.6. The summed E-state index contributed by atoms with van der Waals surface area (Å²) in [6.07, 6.45) is -1.47. The molecular weight excluding hydrogens is 516 g/mol. The quantitative estimate of drug-likeness (QED) is 0.293. The van der Waals surface area contributed by atoms with Crippen LogP contribution in [-0.2, 0) is 27.3 Å². The number of carbonyl (C=O) groups is 3. The SMILES string of the molecule is O=C(Cc1ccccc1)Nc1ccc([C@@H]2OC(=O)N(Cc3ccc(F)cc3)[C@@H]2C(=O)Nc2ccc(F)cc2)cc1. The number of cyclic esters (lactones) is 1. The van der Waals surface area contributed by atoms with Gasteiger partial charge in [-0.05, 0) is 65.2 Å². The van der Waals surface area contributed by atoms with Crippen molar-refractivity contribution in [2.45, 2.75) is 25.1 Å². The number of ether oxygens (including phenoxy) is 1. The Labute approximate surface area is 229 Å². The van der Waals surface area contributed by atoms with Crippen molar-refractivity contribution in [3.05, 3.63) is 131 Å². The lowest BCUT2D eigenvalue weighted by Gasteiger charge is -2.24. The Bertz CT molecular complexity index is 1490. The first kappa shape index (κ1) is 26.6. The molecular formula is C31H25F2N3O4. The molecule has 1 saturated heterocycles. The number of hydrogen-bond donors (Lipinski definition) is 2. The van der Waals surface area contributed by atoms with E-state index in [1.54, 1.807) is 24.3 Å². The number of nitrogens with one attached hydrogen (secondary N) is 2. The average Bonchev–Trinajstić information content (AvgIpc) is 3.27. The predicted molar refractivity (Wildman–Crippen MR) is 145 cm³/mol. The summed E-state index contributed by atoms with van der Waals surface area (Å²) in [4.78, 5) is 40.2. The van der Waals surface area contributed by atoms with Crippen LogP contribution in [0.25, 0.3) is 0 Å². The molecule has 7 nitrogen and oxygen atoms in total. The number of halogens is 2. The fraction of sp³-hybridized carbons (Fsp3) is 0.129. The van der Waals surface area contributed by atoms with Gasteiger partial charge in [-0.25, -0.2) is 13.6 Å². The Morgan fingerprint density at radius 2 is 1.30 bits per heavy atom. The van der Waals surface area contributed by atoms with E-state index >= 15 is 0 Å². The standard InChI is InChI=1S/C31H25F2N3O4/c32-23-10-6-21(7-11-23)19-36-28(30(38)35-26-16-12-24(33)13-17-26)29(40-31(36)39)22-8-14-25(15-9-22)34-27(37)18-20-4-2-1-3-5-20/h1-17,28-29H,18-19H2,(H,34,37)(H,35,38)/t28-,29-/m0/s1. The van der Waals surface area contributed by atoms with E-state index in [2.05, 4.69) is 10.6 Å². The van der Waals surface area contributed by atoms with Gasteiger partial charge in [-0.3, -0.25) is 14.5 Å². The predicted octanol–water partition coefficient (Wildman–Crippen LogP) is 5.85. The maximum atomic E-state index is 13.5. The summed E-state index contributed by atoms with van der Waals surface area (Å²) in [5.74, 6) is -1.60. The number of rotatable bonds is 8. The molecule has 2 N–H and O–H groups in total. The zero-order valence-electron chi connectivity index (χ0n) is 21.2. The van der Waals surface area contributed by atoms with Crippen LogP contribution in [0.1, 0.15) is 22.8 Å². The number of benzene rings is 4. The molecule has 3 amide bonds. The molecule has 4 aromatic carbocycles. The minimum absolute atomic E-state index is 0.00471. The second-order valence-corrected chi connectivity index (χ2v) is 9.33. The van der Waals surface area contributed by atoms with Crippen molar-refractivity contribution in [2.75, 3.05) is 10.6 Å². The highest BCUT2D eigenvalue weighted by Gasteiger charge is 2.47. The van der Waals surface area contributed by atoms with Gasteiger partial charge in [0.25, 0.3) is 5.91 Å². The van der Waals surface area contributed by atoms with Crippen molar-refractivity contribution in [2.24, 2.45) is 0 Å². The maximum Gasteiger partial charge on any atom is 0.411 e. The number of hydrogen-bond acceptors (Lipinski definition) is 4. The molecule has 0 saturated carbocycles. The molecule has 40 heavy (non-hydrogen) atoms. The topological polar surface area (TPSA) is 87.7 Å². The lowest BCUT2D eigenvalue weighted by Crippen LogP contribution is -2.43. The first-order valence-electron chi connectivity index (χ1n) is 12.6. The lowest BCUT2D eigenvalue weighted by atomic mass is 10.00. The second kappa shape index (κ2) is 11.8. The van der Waals surface area contributed by atoms with Crippen molar-refractivity contribution in [1.82, 2.24) is 4.90 Å². The van der Waals surface area contributed by atoms with Crippen molar-refractivity contribution in [3.63, 3.8) is 0 Å². The number of carbonyl (C=O) groups excluding carboxylic acids is 3. The van der Waals surface area contributed by atoms with Crippen LogP contribution in [0.2, 0.25) is 0 Å². The fourth-order valence-corrected chi connectivity index (χ4v) is 4.49. The van der Waals surface area contributed by atoms with Crippen LogP contribution in [0.4, 0.5) is 25.0 Å². The van der Waals surface area contributed by atoms with Gasteiger partial charge in [0.1, 0.15) is 11.6 Å². The Morgan fingerprint density at radius 3 is 1.95 bits per heavy atom. The summed E-state index contributed by atoms with van der Waals surface area (Å²) in [7, 11) is 0. The molecule has 9 heteroatoms. The zero-order valence-corrected chi connectivity index (χ0v) is 21.2. The van der Waals surface area contributed by atoms with Crippen LogP contribution in [0.15, 0.2) is 103 Å². The molecule has 0 aromatic heterocycles. The largest absolute Gasteiger partial charge is 0.438 e. The first-order chi connectivity index (χ1) is 19.4. The van der Waals surface area contributed by atoms with Crippen LogP contribution in [0.5, 0.6) is 0 Å². The van der Waals surface area contributed by atoms with E-state index < -0.39 is 35.8 Å². The number of anilines is 2. The third-order valence-corrected chi connectivity index (χ3v) is 6.46. The lowest BCUT2D eigenvalue weighted by molar-refractivity contribution is -0.121. The highest BCUT2D eigenvalue weighted by molar-refractivity contribution is 5.98. The smallest absolute Gasteiger partial charge is 0.411 e. The van der Waals surface area contributed by atoms with Crippen molar-refractivity contribution in [3.8, 4) is 0 Å². The molecule has 0 aliphatic carbocycles. The molecule has 1 aliphatic heterocycles. The van der Waals surface area contributed by atoms with Gasteiger partial charge in [-0.1, -0.05) is 54.6 Å². The van der Waals surface area contributed by atoms with Crippen LogP contribution in [0, 0.1) is 11.6 Å². The Morgan fingerprint density at radius 1 is 0.725 bits per heavy atom. The summed E-state index contributed by atoms with van der Waals surface area (Å²) in [5.41, 5.74) is 2.92. The molecule has 202 valence electrons. The summed E-state index contributed by atoms with van der Waals surface area (Å²) in [5, 5.41) is 5.56. The molecule has 1 fully saturated rings. The van der Waals surface area contributed by atoms with Gasteiger partial charge in [0.15, 0.2) is 12.1 Å². The minimum atomic E-state index is -1.08. The zero-order chi connectivity index (χ0) is 28.1. The normalized spacial score (nSPS) is 16.4. The van der Waals surface area contributed by atoms with Crippen molar-refractivity contribution < 1.29 is 27.9 Å². The summed E-state index contributed by atoms with van der Waals surface area (Å²) in [6, 6.07) is 25.8. The minimum Gasteiger partial charge on any atom is -0.438 e. The van der Waals surface area contributed by atoms with Crippen molar-refractivity contribution >= 4 is 29.3 Å². The summed E-state index contributed by atoms with van der Waals surface area (Å²) >= 11 is 0. The van der Waals surface area contributed by atoms with Gasteiger partial charge in [-0.2, -0.15) is 0 Å². The van der Waals surface area contributed by atoms with Gasteiger partial charge in [0.05, 0.1) is 13.0 Å². The van der Waals surface area contributed by atoms with Gasteiger partial charge < -0.3 is 15.4 Å². The maximum absolute atomic E-state index is 13.5. The van der Waals surface area contributed by atoms with Gasteiger partial charge >= 0.3 is 6.09 Å². The van der Waals surface area contributed by atoms with E-state index in [-0.39, 0.29) is 18.9 Å². The van der Waals surface area contributed by atoms with E-state index in [4.69, 9.17) is 4.74 Å². The molecule has 1 aliphatic rings. The summed E-state index contributed by atoms with van der Waals surface area (Å²) < 4.78 is 32.5. The Kier molecular flexibility index (Phi) is 7.82. The molecule has 2 atom stereocenters.